The molecule has 0 fully saturated rings. The monoisotopic (exact) mass is 290 g/mol. The predicted molar refractivity (Wildman–Crippen MR) is 81.2 cm³/mol. The minimum atomic E-state index is -0.620. The second-order valence-corrected chi connectivity index (χ2v) is 4.73. The van der Waals surface area contributed by atoms with Crippen LogP contribution in [0.1, 0.15) is 6.92 Å². The summed E-state index contributed by atoms with van der Waals surface area (Å²) >= 11 is 5.73. The Morgan fingerprint density at radius 3 is 2.30 bits per heavy atom. The smallest absolute Gasteiger partial charge is 0.319 e. The van der Waals surface area contributed by atoms with Gasteiger partial charge in [-0.2, -0.15) is 0 Å². The van der Waals surface area contributed by atoms with E-state index >= 15 is 0 Å². The number of fused-ring (bicyclic) bond motifs is 1. The normalized spacial score (nSPS) is 10.3. The Bertz CT molecular complexity index is 626. The molecule has 0 aromatic heterocycles. The lowest BCUT2D eigenvalue weighted by Gasteiger charge is -2.19. The third kappa shape index (κ3) is 3.22. The van der Waals surface area contributed by atoms with Crippen molar-refractivity contribution in [2.24, 2.45) is 5.73 Å². The molecule has 0 atom stereocenters. The molecule has 1 aromatic carbocycles. The Labute approximate surface area is 122 Å². The van der Waals surface area contributed by atoms with Gasteiger partial charge in [-0.25, -0.2) is 4.79 Å². The molecule has 3 rings (SSSR count). The molecule has 20 heavy (non-hydrogen) atoms. The van der Waals surface area contributed by atoms with Gasteiger partial charge in [0.2, 0.25) is 0 Å². The molecule has 3 N–H and O–H groups in total. The van der Waals surface area contributed by atoms with Gasteiger partial charge in [0.25, 0.3) is 0 Å². The molecule has 0 radical (unpaired) electrons. The van der Waals surface area contributed by atoms with Crippen LogP contribution in [0.25, 0.3) is 11.1 Å². The fourth-order valence-corrected chi connectivity index (χ4v) is 2.00. The van der Waals surface area contributed by atoms with Gasteiger partial charge in [0.15, 0.2) is 0 Å². The Morgan fingerprint density at radius 2 is 1.90 bits per heavy atom. The maximum absolute atomic E-state index is 11.0. The van der Waals surface area contributed by atoms with E-state index in [4.69, 9.17) is 17.3 Å². The Hall–Kier alpha value is -2.20. The number of benzene rings is 2. The van der Waals surface area contributed by atoms with E-state index in [9.17, 15) is 9.90 Å². The number of carbonyl (C=O) groups is 1. The summed E-state index contributed by atoms with van der Waals surface area (Å²) in [5, 5.41) is 9.92. The zero-order valence-electron chi connectivity index (χ0n) is 11.0. The van der Waals surface area contributed by atoms with Gasteiger partial charge in [0.05, 0.1) is 5.69 Å². The zero-order valence-corrected chi connectivity index (χ0v) is 11.8. The summed E-state index contributed by atoms with van der Waals surface area (Å²) in [6.07, 6.45) is 0. The van der Waals surface area contributed by atoms with E-state index in [0.717, 1.165) is 0 Å². The summed E-state index contributed by atoms with van der Waals surface area (Å²) in [5.41, 5.74) is 8.31. The van der Waals surface area contributed by atoms with Crippen LogP contribution in [0.4, 0.5) is 10.5 Å². The number of carbonyl (C=O) groups excluding carboxylic acids is 1. The number of primary amides is 1. The Balaban J connectivity index is 0.000000198. The van der Waals surface area contributed by atoms with Gasteiger partial charge in [0.1, 0.15) is 5.75 Å². The highest BCUT2D eigenvalue weighted by Gasteiger charge is 2.14. The van der Waals surface area contributed by atoms with Crippen molar-refractivity contribution in [2.75, 3.05) is 11.4 Å². The molecule has 0 saturated heterocycles. The molecule has 0 spiro atoms. The van der Waals surface area contributed by atoms with Gasteiger partial charge in [-0.05, 0) is 42.3 Å². The summed E-state index contributed by atoms with van der Waals surface area (Å²) in [6, 6.07) is 12.3. The summed E-state index contributed by atoms with van der Waals surface area (Å²) < 4.78 is 0. The quantitative estimate of drug-likeness (QED) is 0.757. The third-order valence-electron chi connectivity index (χ3n) is 2.92. The molecule has 4 nitrogen and oxygen atoms in total. The first kappa shape index (κ1) is 14.2. The van der Waals surface area contributed by atoms with Gasteiger partial charge < -0.3 is 10.8 Å². The molecule has 1 aromatic rings. The average molecular weight is 291 g/mol. The number of urea groups is 1. The second-order valence-electron chi connectivity index (χ2n) is 4.30. The Morgan fingerprint density at radius 1 is 1.25 bits per heavy atom. The third-order valence-corrected chi connectivity index (χ3v) is 3.16. The van der Waals surface area contributed by atoms with E-state index in [1.165, 1.54) is 34.2 Å². The molecule has 104 valence electrons. The van der Waals surface area contributed by atoms with Crippen molar-refractivity contribution in [3.05, 3.63) is 47.5 Å². The summed E-state index contributed by atoms with van der Waals surface area (Å²) in [4.78, 5) is 12.2. The lowest BCUT2D eigenvalue weighted by atomic mass is 10.2. The SMILES string of the molecule is CCN(C(N)=O)c1cc(Cl)ccc1O.c1cc2cc-2c1. The molecular formula is C15H15ClN2O2. The fraction of sp³-hybridized carbons (Fsp3) is 0.133. The van der Waals surface area contributed by atoms with E-state index in [0.29, 0.717) is 17.3 Å². The van der Waals surface area contributed by atoms with E-state index in [-0.39, 0.29) is 5.75 Å². The largest absolute Gasteiger partial charge is 0.506 e. The highest BCUT2D eigenvalue weighted by Crippen LogP contribution is 2.32. The summed E-state index contributed by atoms with van der Waals surface area (Å²) in [5.74, 6) is -0.0185. The number of phenolic OH excluding ortho intramolecular Hbond substituents is 1. The van der Waals surface area contributed by atoms with Crippen molar-refractivity contribution in [3.63, 3.8) is 0 Å². The molecule has 2 amide bonds. The number of phenols is 1. The van der Waals surface area contributed by atoms with Crippen molar-refractivity contribution in [1.29, 1.82) is 0 Å². The molecule has 0 unspecified atom stereocenters. The predicted octanol–water partition coefficient (Wildman–Crippen LogP) is 3.62. The number of rotatable bonds is 2. The minimum absolute atomic E-state index is 0.0185. The minimum Gasteiger partial charge on any atom is -0.506 e. The Kier molecular flexibility index (Phi) is 4.15. The highest BCUT2D eigenvalue weighted by atomic mass is 35.5. The summed E-state index contributed by atoms with van der Waals surface area (Å²) in [6.45, 7) is 2.13. The van der Waals surface area contributed by atoms with Crippen molar-refractivity contribution >= 4 is 23.3 Å². The molecule has 0 aliphatic heterocycles. The van der Waals surface area contributed by atoms with E-state index in [2.05, 4.69) is 24.3 Å². The van der Waals surface area contributed by atoms with E-state index in [1.807, 2.05) is 0 Å². The number of aromatic hydroxyl groups is 1. The molecule has 0 bridgehead atoms. The van der Waals surface area contributed by atoms with Crippen LogP contribution in [0.3, 0.4) is 0 Å². The topological polar surface area (TPSA) is 66.6 Å². The second kappa shape index (κ2) is 5.84. The van der Waals surface area contributed by atoms with Gasteiger partial charge >= 0.3 is 6.03 Å². The highest BCUT2D eigenvalue weighted by molar-refractivity contribution is 6.31. The lowest BCUT2D eigenvalue weighted by Crippen LogP contribution is -2.35. The maximum Gasteiger partial charge on any atom is 0.319 e. The van der Waals surface area contributed by atoms with Crippen LogP contribution >= 0.6 is 11.6 Å². The van der Waals surface area contributed by atoms with Crippen LogP contribution in [0.15, 0.2) is 42.5 Å². The van der Waals surface area contributed by atoms with Crippen LogP contribution in [0, 0.1) is 0 Å². The van der Waals surface area contributed by atoms with Gasteiger partial charge in [-0.3, -0.25) is 4.90 Å². The van der Waals surface area contributed by atoms with Crippen molar-refractivity contribution < 1.29 is 9.90 Å². The first-order valence-electron chi connectivity index (χ1n) is 6.19. The molecule has 2 aliphatic rings. The van der Waals surface area contributed by atoms with E-state index < -0.39 is 6.03 Å². The standard InChI is InChI=1S/C9H11ClN2O2.C6H4/c1-2-12(9(11)14)7-5-6(10)3-4-8(7)13;1-2-5-4-6(5)3-1/h3-5,13H,2H2,1H3,(H2,11,14);1-4H. The molecule has 0 heterocycles. The number of nitrogens with zero attached hydrogens (tertiary/aromatic N) is 1. The van der Waals surface area contributed by atoms with Crippen LogP contribution < -0.4 is 10.6 Å². The molecule has 5 heteroatoms. The van der Waals surface area contributed by atoms with Gasteiger partial charge in [0, 0.05) is 11.6 Å². The fourth-order valence-electron chi connectivity index (χ4n) is 1.83. The zero-order chi connectivity index (χ0) is 14.7. The molecule has 0 saturated carbocycles. The maximum atomic E-state index is 11.0. The number of anilines is 1. The molecule has 2 aliphatic carbocycles. The van der Waals surface area contributed by atoms with Crippen molar-refractivity contribution in [3.8, 4) is 16.9 Å². The number of hydrogen-bond donors (Lipinski definition) is 2. The number of nitrogens with two attached hydrogens (primary N) is 1. The van der Waals surface area contributed by atoms with Crippen LogP contribution in [0.2, 0.25) is 5.02 Å². The lowest BCUT2D eigenvalue weighted by molar-refractivity contribution is 0.254. The average Bonchev–Trinajstić information content (AvgIpc) is 3.01. The first-order valence-corrected chi connectivity index (χ1v) is 6.56. The first-order chi connectivity index (χ1) is 9.52. The van der Waals surface area contributed by atoms with Gasteiger partial charge in [-0.15, -0.1) is 0 Å². The number of hydrogen-bond acceptors (Lipinski definition) is 2. The number of halogens is 1. The molecular weight excluding hydrogens is 276 g/mol. The van der Waals surface area contributed by atoms with Crippen LogP contribution in [-0.4, -0.2) is 17.7 Å². The van der Waals surface area contributed by atoms with Crippen molar-refractivity contribution in [2.45, 2.75) is 6.92 Å². The van der Waals surface area contributed by atoms with E-state index in [1.54, 1.807) is 6.92 Å². The van der Waals surface area contributed by atoms with Gasteiger partial charge in [-0.1, -0.05) is 29.8 Å². The van der Waals surface area contributed by atoms with Crippen LogP contribution in [0.5, 0.6) is 5.75 Å². The van der Waals surface area contributed by atoms with Crippen LogP contribution in [-0.2, 0) is 0 Å². The van der Waals surface area contributed by atoms with Crippen molar-refractivity contribution in [1.82, 2.24) is 0 Å². The summed E-state index contributed by atoms with van der Waals surface area (Å²) in [7, 11) is 0. The number of amides is 2.